The number of carbonyl (C=O) groups is 2. The molecule has 0 amide bonds. The van der Waals surface area contributed by atoms with Gasteiger partial charge in [0.2, 0.25) is 0 Å². The zero-order valence-corrected chi connectivity index (χ0v) is 18.3. The van der Waals surface area contributed by atoms with E-state index in [-0.39, 0.29) is 61.3 Å². The van der Waals surface area contributed by atoms with Crippen molar-refractivity contribution in [2.75, 3.05) is 0 Å². The summed E-state index contributed by atoms with van der Waals surface area (Å²) in [6.45, 7) is 3.98. The Morgan fingerprint density at radius 3 is 1.38 bits per heavy atom. The maximum atomic E-state index is 11.2. The number of carbonyl (C=O) groups excluding carboxylic acids is 2. The Morgan fingerprint density at radius 1 is 0.667 bits per heavy atom. The molecule has 4 nitrogen and oxygen atoms in total. The van der Waals surface area contributed by atoms with Gasteiger partial charge in [-0.3, -0.25) is 0 Å². The summed E-state index contributed by atoms with van der Waals surface area (Å²) in [7, 11) is 0. The van der Waals surface area contributed by atoms with Crippen LogP contribution in [0, 0.1) is 5.41 Å². The van der Waals surface area contributed by atoms with Crippen molar-refractivity contribution >= 4 is 11.9 Å². The van der Waals surface area contributed by atoms with E-state index in [2.05, 4.69) is 6.92 Å². The Hall–Kier alpha value is 0.537. The molecule has 0 aliphatic heterocycles. The Kier molecular flexibility index (Phi) is 22.4. The first-order valence-electron chi connectivity index (χ1n) is 8.94. The predicted molar refractivity (Wildman–Crippen MR) is 83.8 cm³/mol. The monoisotopic (exact) mass is 342 g/mol. The molecule has 0 saturated heterocycles. The van der Waals surface area contributed by atoms with Crippen LogP contribution in [-0.4, -0.2) is 11.9 Å². The van der Waals surface area contributed by atoms with Gasteiger partial charge in [-0.25, -0.2) is 0 Å². The first-order valence-corrected chi connectivity index (χ1v) is 8.94. The molecule has 0 heterocycles. The first-order chi connectivity index (χ1) is 10.5. The van der Waals surface area contributed by atoms with Crippen LogP contribution in [0.25, 0.3) is 0 Å². The van der Waals surface area contributed by atoms with Crippen LogP contribution in [0.5, 0.6) is 0 Å². The van der Waals surface area contributed by atoms with Crippen LogP contribution in [-0.2, 0) is 9.59 Å². The summed E-state index contributed by atoms with van der Waals surface area (Å²) in [6, 6.07) is 0. The standard InChI is InChI=1S/C18H34O4.Li.Na/c1-3-5-6-7-8-9-10-11-12-13-15-18(14-4-2,16(19)20)17(21)22;;/h3-15H2,1-2H3,(H,19,20)(H,21,22);;/q;2*+1/p-2. The van der Waals surface area contributed by atoms with Gasteiger partial charge < -0.3 is 19.8 Å². The Labute approximate surface area is 182 Å². The summed E-state index contributed by atoms with van der Waals surface area (Å²) in [4.78, 5) is 22.4. The van der Waals surface area contributed by atoms with E-state index in [0.717, 1.165) is 19.3 Å². The third-order valence-electron chi connectivity index (χ3n) is 4.42. The molecule has 0 aliphatic carbocycles. The fourth-order valence-electron chi connectivity index (χ4n) is 2.96. The second-order valence-corrected chi connectivity index (χ2v) is 6.34. The van der Waals surface area contributed by atoms with Gasteiger partial charge in [0.25, 0.3) is 0 Å². The van der Waals surface area contributed by atoms with Crippen LogP contribution >= 0.6 is 0 Å². The van der Waals surface area contributed by atoms with Crippen molar-refractivity contribution in [3.05, 3.63) is 0 Å². The molecule has 0 N–H and O–H groups in total. The number of hydrogen-bond acceptors (Lipinski definition) is 4. The van der Waals surface area contributed by atoms with Gasteiger partial charge >= 0.3 is 48.4 Å². The van der Waals surface area contributed by atoms with Crippen molar-refractivity contribution in [1.29, 1.82) is 0 Å². The van der Waals surface area contributed by atoms with Crippen molar-refractivity contribution in [2.45, 2.75) is 97.3 Å². The quantitative estimate of drug-likeness (QED) is 0.176. The molecule has 0 saturated carbocycles. The molecule has 0 fully saturated rings. The molecule has 0 aliphatic rings. The number of carboxylic acid groups (broad SMARTS) is 2. The second-order valence-electron chi connectivity index (χ2n) is 6.34. The first kappa shape index (κ1) is 29.3. The van der Waals surface area contributed by atoms with Gasteiger partial charge in [0.05, 0.1) is 11.9 Å². The Bertz CT molecular complexity index is 310. The number of rotatable bonds is 15. The molecule has 6 heteroatoms. The van der Waals surface area contributed by atoms with Crippen molar-refractivity contribution in [1.82, 2.24) is 0 Å². The molecule has 0 rings (SSSR count). The SMILES string of the molecule is CCCCCCCCCCCCC(CCC)(C(=O)[O-])C(=O)[O-].[Li+].[Na+]. The fraction of sp³-hybridized carbons (Fsp3) is 0.889. The smallest absolute Gasteiger partial charge is 0.549 e. The maximum Gasteiger partial charge on any atom is 1.00 e. The molecule has 0 aromatic rings. The summed E-state index contributed by atoms with van der Waals surface area (Å²) in [5, 5.41) is 22.4. The van der Waals surface area contributed by atoms with Crippen molar-refractivity contribution < 1.29 is 68.2 Å². The third-order valence-corrected chi connectivity index (χ3v) is 4.42. The van der Waals surface area contributed by atoms with Crippen molar-refractivity contribution in [3.63, 3.8) is 0 Å². The largest absolute Gasteiger partial charge is 1.00 e. The van der Waals surface area contributed by atoms with Crippen molar-refractivity contribution in [3.8, 4) is 0 Å². The molecule has 130 valence electrons. The van der Waals surface area contributed by atoms with E-state index in [9.17, 15) is 19.8 Å². The second kappa shape index (κ2) is 18.3. The molecule has 0 radical (unpaired) electrons. The van der Waals surface area contributed by atoms with E-state index in [1.807, 2.05) is 0 Å². The van der Waals surface area contributed by atoms with Crippen LogP contribution in [0.15, 0.2) is 0 Å². The van der Waals surface area contributed by atoms with Gasteiger partial charge in [-0.1, -0.05) is 84.5 Å². The van der Waals surface area contributed by atoms with Crippen LogP contribution in [0.2, 0.25) is 0 Å². The average molecular weight is 342 g/mol. The molecule has 0 spiro atoms. The number of hydrogen-bond donors (Lipinski definition) is 0. The van der Waals surface area contributed by atoms with E-state index in [1.54, 1.807) is 6.92 Å². The molecular weight excluding hydrogens is 310 g/mol. The summed E-state index contributed by atoms with van der Waals surface area (Å²) in [5.41, 5.74) is -1.80. The zero-order valence-electron chi connectivity index (χ0n) is 16.3. The predicted octanol–water partition coefficient (Wildman–Crippen LogP) is -3.41. The van der Waals surface area contributed by atoms with Crippen molar-refractivity contribution in [2.24, 2.45) is 5.41 Å². The number of carboxylic acids is 2. The summed E-state index contributed by atoms with van der Waals surface area (Å²) in [5.74, 6) is -2.99. The number of aliphatic carboxylic acids is 2. The third kappa shape index (κ3) is 12.0. The van der Waals surface area contributed by atoms with Crippen LogP contribution in [0.3, 0.4) is 0 Å². The fourth-order valence-corrected chi connectivity index (χ4v) is 2.96. The van der Waals surface area contributed by atoms with E-state index >= 15 is 0 Å². The molecular formula is C18H32LiNaO4. The minimum absolute atomic E-state index is 0. The van der Waals surface area contributed by atoms with E-state index in [4.69, 9.17) is 0 Å². The minimum atomic E-state index is -1.80. The molecule has 0 unspecified atom stereocenters. The van der Waals surface area contributed by atoms with Crippen LogP contribution < -0.4 is 58.6 Å². The molecule has 24 heavy (non-hydrogen) atoms. The average Bonchev–Trinajstić information content (AvgIpc) is 2.47. The normalized spacial score (nSPS) is 10.6. The Morgan fingerprint density at radius 2 is 1.04 bits per heavy atom. The van der Waals surface area contributed by atoms with Gasteiger partial charge in [-0.15, -0.1) is 0 Å². The summed E-state index contributed by atoms with van der Waals surface area (Å²) >= 11 is 0. The van der Waals surface area contributed by atoms with Gasteiger partial charge in [0, 0.05) is 5.41 Å². The van der Waals surface area contributed by atoms with E-state index in [0.29, 0.717) is 12.8 Å². The Balaban J connectivity index is -0.00000220. The van der Waals surface area contributed by atoms with Gasteiger partial charge in [-0.05, 0) is 12.8 Å². The number of unbranched alkanes of at least 4 members (excludes halogenated alkanes) is 9. The topological polar surface area (TPSA) is 80.3 Å². The minimum Gasteiger partial charge on any atom is -0.549 e. The summed E-state index contributed by atoms with van der Waals surface area (Å²) in [6.07, 6.45) is 12.0. The van der Waals surface area contributed by atoms with Crippen LogP contribution in [0.4, 0.5) is 0 Å². The maximum absolute atomic E-state index is 11.2. The molecule has 0 aromatic heterocycles. The van der Waals surface area contributed by atoms with Gasteiger partial charge in [0.1, 0.15) is 0 Å². The molecule has 0 aromatic carbocycles. The molecule has 0 bridgehead atoms. The zero-order chi connectivity index (χ0) is 16.8. The van der Waals surface area contributed by atoms with Crippen LogP contribution in [0.1, 0.15) is 97.3 Å². The van der Waals surface area contributed by atoms with Gasteiger partial charge in [-0.2, -0.15) is 0 Å². The summed E-state index contributed by atoms with van der Waals surface area (Å²) < 4.78 is 0. The molecule has 0 atom stereocenters. The van der Waals surface area contributed by atoms with Gasteiger partial charge in [0.15, 0.2) is 0 Å². The van der Waals surface area contributed by atoms with E-state index < -0.39 is 17.4 Å². The van der Waals surface area contributed by atoms with E-state index in [1.165, 1.54) is 38.5 Å².